The Kier molecular flexibility index (Phi) is 42.4. The number of hydrogen-bond donors (Lipinski definition) is 22. The summed E-state index contributed by atoms with van der Waals surface area (Å²) in [6, 6.07) is -11.6. The molecule has 3 aliphatic rings. The van der Waals surface area contributed by atoms with Crippen LogP contribution in [0, 0.1) is 23.7 Å². The lowest BCUT2D eigenvalue weighted by molar-refractivity contribution is -0.143. The fourth-order valence-electron chi connectivity index (χ4n) is 13.3. The smallest absolute Gasteiger partial charge is 0.326 e. The number of carbonyl (C=O) groups excluding carboxylic acids is 15. The number of aliphatic carboxylic acids is 1. The minimum atomic E-state index is -1.81. The number of phenolic OH excluding ortho intramolecular Hbond substituents is 1. The van der Waals surface area contributed by atoms with Crippen molar-refractivity contribution in [1.29, 1.82) is 0 Å². The molecule has 3 heterocycles. The summed E-state index contributed by atoms with van der Waals surface area (Å²) in [5.74, 6) is -15.4. The SMILES string of the molecule is CC[C@H](C)[C@H](NC(=O)[C@@H]1CCCN1C(=O)[C@H](CCCN=C(N)N)NC(=O)[C@@H]1CCCN1)C(=O)N[C@@H](CO)C(=O)N[C@@H](Cc1ccc(O)cc1)C(=O)N[C@@H](CC(C)C)C(=O)N[C@@H](CCCCN)C(=O)NCC(=O)N[C@@H](CO)C(=O)N[C@@H](CO)C(=O)NCC(=O)NCC(=O)N1CCC[C@H]1C(=O)N[C@@H](CC(C)C)C(=O)N[C@@H](CC(C)C)C(=O)O. The minimum absolute atomic E-state index is 0.0609. The average Bonchev–Trinajstić information content (AvgIpc) is 1.64. The summed E-state index contributed by atoms with van der Waals surface area (Å²) in [6.45, 7) is 9.84. The van der Waals surface area contributed by atoms with Gasteiger partial charge in [0.25, 0.3) is 0 Å². The second-order valence-electron chi connectivity index (χ2n) is 30.7. The molecule has 1 aromatic rings. The summed E-state index contributed by atoms with van der Waals surface area (Å²) >= 11 is 0. The number of rotatable bonds is 50. The molecule has 116 heavy (non-hydrogen) atoms. The lowest BCUT2D eigenvalue weighted by atomic mass is 9.97. The molecule has 0 aromatic heterocycles. The molecular formula is C75H124N20O21. The van der Waals surface area contributed by atoms with Gasteiger partial charge in [-0.25, -0.2) is 4.79 Å². The Balaban J connectivity index is 1.39. The molecule has 3 fully saturated rings. The third kappa shape index (κ3) is 33.1. The maximum atomic E-state index is 14.6. The number of unbranched alkanes of at least 4 members (excludes halogenated alkanes) is 1. The van der Waals surface area contributed by atoms with Gasteiger partial charge in [-0.3, -0.25) is 76.9 Å². The zero-order chi connectivity index (χ0) is 86.5. The number of phenols is 1. The number of aliphatic imine (C=N–C) groups is 1. The molecule has 3 aliphatic heterocycles. The van der Waals surface area contributed by atoms with Crippen LogP contribution < -0.4 is 91.6 Å². The summed E-state index contributed by atoms with van der Waals surface area (Å²) < 4.78 is 0. The van der Waals surface area contributed by atoms with Gasteiger partial charge < -0.3 is 127 Å². The third-order valence-corrected chi connectivity index (χ3v) is 19.8. The largest absolute Gasteiger partial charge is 0.508 e. The molecule has 41 nitrogen and oxygen atoms in total. The first-order chi connectivity index (χ1) is 54.9. The Hall–Kier alpha value is -10.4. The number of carboxylic acids is 1. The van der Waals surface area contributed by atoms with E-state index in [1.807, 2.05) is 0 Å². The fraction of sp³-hybridized carbons (Fsp3) is 0.693. The van der Waals surface area contributed by atoms with Crippen LogP contribution in [0.25, 0.3) is 0 Å². The molecule has 0 aliphatic carbocycles. The van der Waals surface area contributed by atoms with Crippen LogP contribution >= 0.6 is 0 Å². The van der Waals surface area contributed by atoms with Crippen LogP contribution in [0.3, 0.4) is 0 Å². The lowest BCUT2D eigenvalue weighted by Crippen LogP contribution is -2.61. The van der Waals surface area contributed by atoms with Crippen molar-refractivity contribution in [3.8, 4) is 5.75 Å². The number of aliphatic hydroxyl groups excluding tert-OH is 3. The second-order valence-corrected chi connectivity index (χ2v) is 30.7. The van der Waals surface area contributed by atoms with Crippen LogP contribution in [0.5, 0.6) is 5.75 Å². The molecule has 0 bridgehead atoms. The average molecular weight is 1640 g/mol. The van der Waals surface area contributed by atoms with E-state index in [0.29, 0.717) is 50.6 Å². The number of likely N-dealkylation sites (tertiary alicyclic amines) is 2. The molecule has 15 amide bonds. The fourth-order valence-corrected chi connectivity index (χ4v) is 13.3. The van der Waals surface area contributed by atoms with Crippen LogP contribution in [0.2, 0.25) is 0 Å². The number of nitrogens with zero attached hydrogens (tertiary/aromatic N) is 3. The van der Waals surface area contributed by atoms with Crippen molar-refractivity contribution in [1.82, 2.24) is 84.2 Å². The van der Waals surface area contributed by atoms with Crippen molar-refractivity contribution in [2.75, 3.05) is 72.2 Å². The molecule has 3 saturated heterocycles. The van der Waals surface area contributed by atoms with Gasteiger partial charge in [0.05, 0.1) is 45.5 Å². The van der Waals surface area contributed by atoms with Crippen LogP contribution in [0.15, 0.2) is 29.3 Å². The van der Waals surface area contributed by atoms with Gasteiger partial charge in [-0.05, 0) is 144 Å². The number of aliphatic hydroxyl groups is 3. The van der Waals surface area contributed by atoms with E-state index in [4.69, 9.17) is 17.2 Å². The van der Waals surface area contributed by atoms with E-state index in [-0.39, 0.29) is 119 Å². The topological polar surface area (TPSA) is 640 Å². The Bertz CT molecular complexity index is 3520. The predicted octanol–water partition coefficient (Wildman–Crippen LogP) is -6.71. The highest BCUT2D eigenvalue weighted by atomic mass is 16.4. The first-order valence-electron chi connectivity index (χ1n) is 39.7. The van der Waals surface area contributed by atoms with Gasteiger partial charge in [-0.1, -0.05) is 73.9 Å². The van der Waals surface area contributed by atoms with E-state index in [1.54, 1.807) is 55.4 Å². The van der Waals surface area contributed by atoms with Crippen molar-refractivity contribution < 1.29 is 102 Å². The van der Waals surface area contributed by atoms with E-state index < -0.39 is 213 Å². The predicted molar refractivity (Wildman–Crippen MR) is 420 cm³/mol. The van der Waals surface area contributed by atoms with Gasteiger partial charge in [-0.15, -0.1) is 0 Å². The number of nitrogens with two attached hydrogens (primary N) is 3. The van der Waals surface area contributed by atoms with Gasteiger partial charge in [-0.2, -0.15) is 0 Å². The lowest BCUT2D eigenvalue weighted by Gasteiger charge is -2.31. The Morgan fingerprint density at radius 2 is 0.957 bits per heavy atom. The van der Waals surface area contributed by atoms with Gasteiger partial charge in [0.1, 0.15) is 78.3 Å². The highest BCUT2D eigenvalue weighted by molar-refractivity contribution is 6.00. The zero-order valence-corrected chi connectivity index (χ0v) is 67.6. The monoisotopic (exact) mass is 1640 g/mol. The van der Waals surface area contributed by atoms with Crippen LogP contribution in [0.1, 0.15) is 157 Å². The number of carbonyl (C=O) groups is 16. The summed E-state index contributed by atoms with van der Waals surface area (Å²) in [6.07, 6.45) is 3.81. The Labute approximate surface area is 674 Å². The van der Waals surface area contributed by atoms with E-state index >= 15 is 0 Å². The quantitative estimate of drug-likeness (QED) is 0.0164. The van der Waals surface area contributed by atoms with E-state index in [1.165, 1.54) is 34.1 Å². The van der Waals surface area contributed by atoms with E-state index in [2.05, 4.69) is 79.4 Å². The normalized spacial score (nSPS) is 18.0. The number of benzene rings is 1. The second kappa shape index (κ2) is 50.2. The molecule has 0 spiro atoms. The number of hydrogen-bond acceptors (Lipinski definition) is 23. The highest BCUT2D eigenvalue weighted by Gasteiger charge is 2.43. The Morgan fingerprint density at radius 3 is 1.51 bits per heavy atom. The van der Waals surface area contributed by atoms with E-state index in [0.717, 1.165) is 6.42 Å². The summed E-state index contributed by atoms with van der Waals surface area (Å²) in [4.78, 5) is 225. The molecule has 25 N–H and O–H groups in total. The molecule has 14 atom stereocenters. The molecule has 1 aromatic carbocycles. The number of carboxylic acid groups (broad SMARTS) is 1. The van der Waals surface area contributed by atoms with Gasteiger partial charge in [0, 0.05) is 26.1 Å². The first kappa shape index (κ1) is 98.0. The van der Waals surface area contributed by atoms with Crippen molar-refractivity contribution >= 4 is 101 Å². The highest BCUT2D eigenvalue weighted by Crippen LogP contribution is 2.23. The molecule has 41 heteroatoms. The van der Waals surface area contributed by atoms with Crippen LogP contribution in [0.4, 0.5) is 0 Å². The van der Waals surface area contributed by atoms with Crippen molar-refractivity contribution in [3.05, 3.63) is 29.8 Å². The summed E-state index contributed by atoms with van der Waals surface area (Å²) in [5.41, 5.74) is 17.2. The molecule has 650 valence electrons. The summed E-state index contributed by atoms with van der Waals surface area (Å²) in [7, 11) is 0. The van der Waals surface area contributed by atoms with Crippen molar-refractivity contribution in [3.63, 3.8) is 0 Å². The molecule has 0 unspecified atom stereocenters. The Morgan fingerprint density at radius 1 is 0.491 bits per heavy atom. The molecule has 4 rings (SSSR count). The number of amides is 15. The molecule has 0 saturated carbocycles. The zero-order valence-electron chi connectivity index (χ0n) is 67.6. The first-order valence-corrected chi connectivity index (χ1v) is 39.7. The maximum Gasteiger partial charge on any atom is 0.326 e. The molecule has 0 radical (unpaired) electrons. The third-order valence-electron chi connectivity index (χ3n) is 19.8. The molecular weight excluding hydrogens is 1520 g/mol. The number of nitrogens with one attached hydrogen (secondary N) is 14. The number of guanidine groups is 1. The van der Waals surface area contributed by atoms with Crippen LogP contribution in [-0.2, 0) is 83.1 Å². The standard InChI is InChI=1S/C75H124N20O21/c1-9-43(8)61(93-71(112)57-20-15-29-95(57)73(114)48(18-13-27-80-75(77)78)86-64(105)46-17-12-26-79-46)72(113)92-55(39-98)69(110)88-51(33-44-21-23-45(99)24-22-44)67(108)87-49(30-40(2)3)65(106)85-47(16-10-11-25-76)62(103)83-35-59(101)84-54(38-97)68(109)91-53(37-96)63(104)82-34-58(100)81-36-60(102)94-28-14-19-56(94)70(111)89-50(31-41(4)5)66(107)90-52(74(115)116)32-42(6)7/h21-24,40-43,46-57,61,79,96-99H,9-20,25-39,76H2,1-8H3,(H,81,100)(H,82,104)(H,83,103)(H,84,101)(H,85,106)(H,86,105)(H,87,108)(H,88,110)(H,89,111)(H,90,107)(H,91,109)(H,92,113)(H,93,112)(H,115,116)(H4,77,78,80)/t43-,46-,47-,48-,49-,50-,51-,52-,53-,54-,55-,56-,57-,61-/m0/s1. The minimum Gasteiger partial charge on any atom is -0.508 e. The van der Waals surface area contributed by atoms with Crippen molar-refractivity contribution in [2.24, 2.45) is 45.9 Å². The van der Waals surface area contributed by atoms with Gasteiger partial charge in [0.2, 0.25) is 88.6 Å². The van der Waals surface area contributed by atoms with E-state index in [9.17, 15) is 102 Å². The van der Waals surface area contributed by atoms with Crippen molar-refractivity contribution in [2.45, 2.75) is 237 Å². The number of aromatic hydroxyl groups is 1. The van der Waals surface area contributed by atoms with Crippen LogP contribution in [-0.4, -0.2) is 287 Å². The van der Waals surface area contributed by atoms with Gasteiger partial charge >= 0.3 is 5.97 Å². The van der Waals surface area contributed by atoms with Gasteiger partial charge in [0.15, 0.2) is 5.96 Å². The maximum absolute atomic E-state index is 14.6. The summed E-state index contributed by atoms with van der Waals surface area (Å²) in [5, 5.41) is 86.1.